The Morgan fingerprint density at radius 1 is 0.926 bits per heavy atom. The van der Waals surface area contributed by atoms with Crippen LogP contribution in [-0.4, -0.2) is 6.54 Å². The number of anilines is 1. The summed E-state index contributed by atoms with van der Waals surface area (Å²) in [6.45, 7) is 18.6. The molecule has 0 bridgehead atoms. The van der Waals surface area contributed by atoms with Crippen LogP contribution in [-0.2, 0) is 0 Å². The molecule has 0 aliphatic heterocycles. The highest BCUT2D eigenvalue weighted by molar-refractivity contribution is 5.60. The number of hydrogen-bond donors (Lipinski definition) is 2. The number of hydrogen-bond acceptors (Lipinski definition) is 2. The minimum atomic E-state index is 0. The van der Waals surface area contributed by atoms with Crippen LogP contribution >= 0.6 is 0 Å². The molecule has 0 spiro atoms. The summed E-state index contributed by atoms with van der Waals surface area (Å²) in [5.41, 5.74) is 5.43. The van der Waals surface area contributed by atoms with Gasteiger partial charge in [-0.25, -0.2) is 0 Å². The monoisotopic (exact) mass is 366 g/mol. The molecule has 0 heterocycles. The maximum absolute atomic E-state index is 4.08. The van der Waals surface area contributed by atoms with E-state index in [2.05, 4.69) is 61.1 Å². The van der Waals surface area contributed by atoms with Gasteiger partial charge in [0.1, 0.15) is 0 Å². The van der Waals surface area contributed by atoms with Gasteiger partial charge in [-0.15, -0.1) is 0 Å². The molecule has 2 N–H and O–H groups in total. The Morgan fingerprint density at radius 3 is 2.00 bits per heavy atom. The molecule has 0 atom stereocenters. The third-order valence-corrected chi connectivity index (χ3v) is 3.34. The molecule has 2 heteroatoms. The molecular formula is C25H38N2. The van der Waals surface area contributed by atoms with Gasteiger partial charge in [0.05, 0.1) is 0 Å². The zero-order chi connectivity index (χ0) is 19.8. The maximum Gasteiger partial charge on any atom is 0.0421 e. The first-order chi connectivity index (χ1) is 12.7. The van der Waals surface area contributed by atoms with E-state index in [1.807, 2.05) is 58.0 Å². The first kappa shape index (κ1) is 26.5. The Labute approximate surface area is 167 Å². The molecule has 2 aromatic carbocycles. The highest BCUT2D eigenvalue weighted by Gasteiger charge is 2.03. The summed E-state index contributed by atoms with van der Waals surface area (Å²) in [5.74, 6) is 0. The van der Waals surface area contributed by atoms with Gasteiger partial charge in [0.25, 0.3) is 0 Å². The smallest absolute Gasteiger partial charge is 0.0421 e. The first-order valence-corrected chi connectivity index (χ1v) is 9.32. The third kappa shape index (κ3) is 10.8. The van der Waals surface area contributed by atoms with E-state index in [4.69, 9.17) is 0 Å². The van der Waals surface area contributed by atoms with Gasteiger partial charge in [0.2, 0.25) is 0 Å². The minimum absolute atomic E-state index is 0. The SMILES string of the molecule is C.C=CNC(=C)/C(=C\c1ccc(C)cc1)CNc1ccccc1.CC.CC. The van der Waals surface area contributed by atoms with E-state index >= 15 is 0 Å². The lowest BCUT2D eigenvalue weighted by Crippen LogP contribution is -2.13. The van der Waals surface area contributed by atoms with Crippen molar-refractivity contribution in [2.24, 2.45) is 0 Å². The molecule has 2 rings (SSSR count). The molecule has 0 aliphatic rings. The second kappa shape index (κ2) is 16.7. The molecule has 0 aromatic heterocycles. The van der Waals surface area contributed by atoms with Crippen LogP contribution in [0.5, 0.6) is 0 Å². The Bertz CT molecular complexity index is 652. The third-order valence-electron chi connectivity index (χ3n) is 3.34. The van der Waals surface area contributed by atoms with Crippen LogP contribution in [0.2, 0.25) is 0 Å². The predicted octanol–water partition coefficient (Wildman–Crippen LogP) is 7.43. The van der Waals surface area contributed by atoms with Crippen molar-refractivity contribution in [3.8, 4) is 0 Å². The highest BCUT2D eigenvalue weighted by Crippen LogP contribution is 2.15. The van der Waals surface area contributed by atoms with Crippen LogP contribution in [0.4, 0.5) is 5.69 Å². The van der Waals surface area contributed by atoms with Crippen molar-refractivity contribution in [3.05, 3.63) is 96.4 Å². The number of nitrogens with one attached hydrogen (secondary N) is 2. The van der Waals surface area contributed by atoms with Crippen LogP contribution in [0.1, 0.15) is 46.2 Å². The predicted molar refractivity (Wildman–Crippen MR) is 126 cm³/mol. The van der Waals surface area contributed by atoms with Crippen molar-refractivity contribution in [2.75, 3.05) is 11.9 Å². The zero-order valence-electron chi connectivity index (χ0n) is 17.0. The molecule has 0 fully saturated rings. The van der Waals surface area contributed by atoms with Gasteiger partial charge in [-0.1, -0.05) is 96.3 Å². The second-order valence-corrected chi connectivity index (χ2v) is 5.13. The van der Waals surface area contributed by atoms with Crippen LogP contribution < -0.4 is 10.6 Å². The zero-order valence-corrected chi connectivity index (χ0v) is 17.0. The summed E-state index contributed by atoms with van der Waals surface area (Å²) in [6.07, 6.45) is 3.78. The van der Waals surface area contributed by atoms with Crippen LogP contribution in [0, 0.1) is 6.92 Å². The van der Waals surface area contributed by atoms with Crippen molar-refractivity contribution in [3.63, 3.8) is 0 Å². The summed E-state index contributed by atoms with van der Waals surface area (Å²) < 4.78 is 0. The molecular weight excluding hydrogens is 328 g/mol. The topological polar surface area (TPSA) is 24.1 Å². The van der Waals surface area contributed by atoms with Crippen LogP contribution in [0.15, 0.2) is 85.2 Å². The normalized spacial score (nSPS) is 9.30. The van der Waals surface area contributed by atoms with Gasteiger partial charge >= 0.3 is 0 Å². The summed E-state index contributed by atoms with van der Waals surface area (Å²) in [7, 11) is 0. The average molecular weight is 367 g/mol. The first-order valence-electron chi connectivity index (χ1n) is 9.32. The van der Waals surface area contributed by atoms with E-state index < -0.39 is 0 Å². The lowest BCUT2D eigenvalue weighted by atomic mass is 10.1. The molecule has 0 aliphatic carbocycles. The lowest BCUT2D eigenvalue weighted by molar-refractivity contribution is 1.06. The van der Waals surface area contributed by atoms with E-state index in [-0.39, 0.29) is 7.43 Å². The molecule has 27 heavy (non-hydrogen) atoms. The van der Waals surface area contributed by atoms with Gasteiger partial charge in [-0.3, -0.25) is 0 Å². The minimum Gasteiger partial charge on any atom is -0.381 e. The Morgan fingerprint density at radius 2 is 1.48 bits per heavy atom. The standard InChI is InChI=1S/C20H22N2.2C2H6.CH4/c1-4-21-17(3)19(14-18-12-10-16(2)11-13-18)15-22-20-8-6-5-7-9-20;2*1-2;/h4-14,21-22H,1,3,15H2,2H3;2*1-2H3;1H4/b19-14-;;;. The maximum atomic E-state index is 4.08. The molecule has 2 aromatic rings. The molecule has 0 radical (unpaired) electrons. The fraction of sp³-hybridized carbons (Fsp3) is 0.280. The van der Waals surface area contributed by atoms with Crippen LogP contribution in [0.25, 0.3) is 6.08 Å². The number of rotatable bonds is 7. The Kier molecular flexibility index (Phi) is 16.4. The fourth-order valence-electron chi connectivity index (χ4n) is 2.08. The Hall–Kier alpha value is -2.74. The quantitative estimate of drug-likeness (QED) is 0.498. The number of benzene rings is 2. The molecule has 2 nitrogen and oxygen atoms in total. The second-order valence-electron chi connectivity index (χ2n) is 5.13. The van der Waals surface area contributed by atoms with Gasteiger partial charge in [0, 0.05) is 17.9 Å². The molecule has 0 unspecified atom stereocenters. The summed E-state index contributed by atoms with van der Waals surface area (Å²) >= 11 is 0. The summed E-state index contributed by atoms with van der Waals surface area (Å²) in [6, 6.07) is 18.6. The van der Waals surface area contributed by atoms with Crippen molar-refractivity contribution in [1.82, 2.24) is 5.32 Å². The van der Waals surface area contributed by atoms with Crippen LogP contribution in [0.3, 0.4) is 0 Å². The highest BCUT2D eigenvalue weighted by atomic mass is 14.9. The van der Waals surface area contributed by atoms with Gasteiger partial charge in [0.15, 0.2) is 0 Å². The van der Waals surface area contributed by atoms with E-state index in [1.54, 1.807) is 6.20 Å². The Balaban J connectivity index is 0. The number of aryl methyl sites for hydroxylation is 1. The van der Waals surface area contributed by atoms with Gasteiger partial charge in [-0.05, 0) is 42.5 Å². The van der Waals surface area contributed by atoms with E-state index in [1.165, 1.54) is 5.56 Å². The van der Waals surface area contributed by atoms with Crippen molar-refractivity contribution < 1.29 is 0 Å². The van der Waals surface area contributed by atoms with E-state index in [9.17, 15) is 0 Å². The molecule has 0 saturated heterocycles. The van der Waals surface area contributed by atoms with Crippen molar-refractivity contribution >= 4 is 11.8 Å². The number of para-hydroxylation sites is 1. The average Bonchev–Trinajstić information content (AvgIpc) is 2.70. The summed E-state index contributed by atoms with van der Waals surface area (Å²) in [5, 5.41) is 6.49. The lowest BCUT2D eigenvalue weighted by Gasteiger charge is -2.13. The summed E-state index contributed by atoms with van der Waals surface area (Å²) in [4.78, 5) is 0. The van der Waals surface area contributed by atoms with Gasteiger partial charge < -0.3 is 10.6 Å². The molecule has 0 saturated carbocycles. The van der Waals surface area contributed by atoms with E-state index in [0.717, 1.165) is 22.5 Å². The molecule has 0 amide bonds. The largest absolute Gasteiger partial charge is 0.381 e. The van der Waals surface area contributed by atoms with E-state index in [0.29, 0.717) is 6.54 Å². The molecule has 148 valence electrons. The van der Waals surface area contributed by atoms with Crippen molar-refractivity contribution in [1.29, 1.82) is 0 Å². The van der Waals surface area contributed by atoms with Gasteiger partial charge in [-0.2, -0.15) is 0 Å². The van der Waals surface area contributed by atoms with Crippen molar-refractivity contribution in [2.45, 2.75) is 42.0 Å². The fourth-order valence-corrected chi connectivity index (χ4v) is 2.08.